The number of halogens is 1. The third kappa shape index (κ3) is 3.37. The van der Waals surface area contributed by atoms with Crippen molar-refractivity contribution in [3.05, 3.63) is 58.8 Å². The van der Waals surface area contributed by atoms with E-state index in [0.29, 0.717) is 18.0 Å². The van der Waals surface area contributed by atoms with Gasteiger partial charge >= 0.3 is 0 Å². The highest BCUT2D eigenvalue weighted by Gasteiger charge is 1.99. The van der Waals surface area contributed by atoms with Gasteiger partial charge in [0.1, 0.15) is 5.82 Å². The van der Waals surface area contributed by atoms with Crippen molar-refractivity contribution in [1.82, 2.24) is 4.57 Å². The summed E-state index contributed by atoms with van der Waals surface area (Å²) in [6.45, 7) is 0.547. The van der Waals surface area contributed by atoms with Crippen molar-refractivity contribution in [2.24, 2.45) is 0 Å². The van der Waals surface area contributed by atoms with E-state index >= 15 is 0 Å². The number of aryl methyl sites for hydroxylation is 1. The second-order valence-electron chi connectivity index (χ2n) is 3.80. The van der Waals surface area contributed by atoms with Crippen molar-refractivity contribution in [1.29, 1.82) is 0 Å². The van der Waals surface area contributed by atoms with Gasteiger partial charge in [-0.1, -0.05) is 6.07 Å². The first-order valence-electron chi connectivity index (χ1n) is 5.49. The Kier molecular flexibility index (Phi) is 4.04. The number of rotatable bonds is 4. The zero-order chi connectivity index (χ0) is 13.0. The lowest BCUT2D eigenvalue weighted by atomic mass is 10.4. The number of anilines is 1. The lowest BCUT2D eigenvalue weighted by molar-refractivity contribution is 0.624. The van der Waals surface area contributed by atoms with E-state index < -0.39 is 0 Å². The normalized spacial score (nSPS) is 10.5. The molecule has 2 aromatic rings. The van der Waals surface area contributed by atoms with Crippen LogP contribution in [0.4, 0.5) is 10.1 Å². The molecule has 3 nitrogen and oxygen atoms in total. The molecule has 0 saturated carbocycles. The predicted molar refractivity (Wildman–Crippen MR) is 72.2 cm³/mol. The molecule has 2 N–H and O–H groups in total. The van der Waals surface area contributed by atoms with Crippen LogP contribution in [0.1, 0.15) is 0 Å². The van der Waals surface area contributed by atoms with Gasteiger partial charge in [0.2, 0.25) is 0 Å². The summed E-state index contributed by atoms with van der Waals surface area (Å²) in [5.74, 6) is 0.438. The molecule has 0 unspecified atom stereocenters. The van der Waals surface area contributed by atoms with Crippen LogP contribution in [0.2, 0.25) is 0 Å². The van der Waals surface area contributed by atoms with Crippen molar-refractivity contribution in [3.63, 3.8) is 0 Å². The van der Waals surface area contributed by atoms with E-state index in [9.17, 15) is 9.18 Å². The monoisotopic (exact) mass is 264 g/mol. The largest absolute Gasteiger partial charge is 0.398 e. The van der Waals surface area contributed by atoms with Crippen LogP contribution in [-0.2, 0) is 6.54 Å². The molecule has 1 heterocycles. The summed E-state index contributed by atoms with van der Waals surface area (Å²) in [6.07, 6.45) is 1.62. The van der Waals surface area contributed by atoms with E-state index in [1.165, 1.54) is 30.0 Å². The second kappa shape index (κ2) is 5.73. The van der Waals surface area contributed by atoms with Gasteiger partial charge in [-0.15, -0.1) is 11.8 Å². The Labute approximate surface area is 108 Å². The molecule has 1 aromatic heterocycles. The maximum Gasteiger partial charge on any atom is 0.250 e. The Morgan fingerprint density at radius 1 is 1.28 bits per heavy atom. The summed E-state index contributed by atoms with van der Waals surface area (Å²) in [4.78, 5) is 12.4. The number of hydrogen-bond donors (Lipinski definition) is 1. The molecule has 0 fully saturated rings. The van der Waals surface area contributed by atoms with Crippen molar-refractivity contribution in [2.75, 3.05) is 11.5 Å². The van der Waals surface area contributed by atoms with Gasteiger partial charge in [-0.05, 0) is 24.3 Å². The Morgan fingerprint density at radius 3 is 2.89 bits per heavy atom. The molecule has 18 heavy (non-hydrogen) atoms. The SMILES string of the molecule is Nc1ccc(=O)n(CCSc2cccc(F)c2)c1. The Bertz CT molecular complexity index is 598. The number of nitrogens with zero attached hydrogens (tertiary/aromatic N) is 1. The average Bonchev–Trinajstić information content (AvgIpc) is 2.34. The highest BCUT2D eigenvalue weighted by molar-refractivity contribution is 7.99. The molecule has 0 bridgehead atoms. The van der Waals surface area contributed by atoms with Crippen LogP contribution in [0.15, 0.2) is 52.3 Å². The average molecular weight is 264 g/mol. The molecule has 0 aliphatic heterocycles. The highest BCUT2D eigenvalue weighted by atomic mass is 32.2. The number of aromatic nitrogens is 1. The number of benzene rings is 1. The predicted octanol–water partition coefficient (Wildman–Crippen LogP) is 2.36. The minimum Gasteiger partial charge on any atom is -0.398 e. The number of hydrogen-bond acceptors (Lipinski definition) is 3. The van der Waals surface area contributed by atoms with E-state index in [1.807, 2.05) is 6.07 Å². The number of pyridine rings is 1. The summed E-state index contributed by atoms with van der Waals surface area (Å²) in [6, 6.07) is 9.43. The van der Waals surface area contributed by atoms with Gasteiger partial charge < -0.3 is 10.3 Å². The first-order valence-corrected chi connectivity index (χ1v) is 6.48. The van der Waals surface area contributed by atoms with Gasteiger partial charge in [-0.25, -0.2) is 4.39 Å². The summed E-state index contributed by atoms with van der Waals surface area (Å²) >= 11 is 1.50. The first kappa shape index (κ1) is 12.7. The fraction of sp³-hybridized carbons (Fsp3) is 0.154. The highest BCUT2D eigenvalue weighted by Crippen LogP contribution is 2.18. The number of thioether (sulfide) groups is 1. The van der Waals surface area contributed by atoms with E-state index in [0.717, 1.165) is 4.90 Å². The lowest BCUT2D eigenvalue weighted by Crippen LogP contribution is -2.19. The third-order valence-electron chi connectivity index (χ3n) is 2.40. The third-order valence-corrected chi connectivity index (χ3v) is 3.38. The van der Waals surface area contributed by atoms with E-state index in [-0.39, 0.29) is 11.4 Å². The zero-order valence-electron chi connectivity index (χ0n) is 9.67. The molecule has 0 saturated heterocycles. The fourth-order valence-electron chi connectivity index (χ4n) is 1.54. The van der Waals surface area contributed by atoms with Gasteiger partial charge in [0.05, 0.1) is 0 Å². The van der Waals surface area contributed by atoms with Crippen LogP contribution in [0.3, 0.4) is 0 Å². The molecule has 0 atom stereocenters. The Balaban J connectivity index is 1.96. The molecule has 0 aliphatic rings. The van der Waals surface area contributed by atoms with Gasteiger partial charge in [-0.3, -0.25) is 4.79 Å². The van der Waals surface area contributed by atoms with Crippen LogP contribution in [0.25, 0.3) is 0 Å². The molecule has 0 radical (unpaired) electrons. The van der Waals surface area contributed by atoms with Crippen molar-refractivity contribution < 1.29 is 4.39 Å². The summed E-state index contributed by atoms with van der Waals surface area (Å²) in [5.41, 5.74) is 6.10. The van der Waals surface area contributed by atoms with Crippen molar-refractivity contribution >= 4 is 17.4 Å². The Hall–Kier alpha value is -1.75. The molecule has 0 amide bonds. The fourth-order valence-corrected chi connectivity index (χ4v) is 2.44. The van der Waals surface area contributed by atoms with Crippen LogP contribution in [-0.4, -0.2) is 10.3 Å². The van der Waals surface area contributed by atoms with Crippen LogP contribution in [0.5, 0.6) is 0 Å². The zero-order valence-corrected chi connectivity index (χ0v) is 10.5. The standard InChI is InChI=1S/C13H13FN2OS/c14-10-2-1-3-12(8-10)18-7-6-16-9-11(15)4-5-13(16)17/h1-5,8-9H,6-7,15H2. The quantitative estimate of drug-likeness (QED) is 0.862. The molecule has 1 aromatic carbocycles. The maximum absolute atomic E-state index is 12.9. The smallest absolute Gasteiger partial charge is 0.250 e. The minimum atomic E-state index is -0.249. The van der Waals surface area contributed by atoms with E-state index in [2.05, 4.69) is 0 Å². The molecule has 5 heteroatoms. The molecule has 0 spiro atoms. The van der Waals surface area contributed by atoms with Gasteiger partial charge in [0, 0.05) is 35.1 Å². The number of nitrogen functional groups attached to an aromatic ring is 1. The summed E-state index contributed by atoms with van der Waals surface area (Å²) in [5, 5.41) is 0. The number of nitrogens with two attached hydrogens (primary N) is 1. The van der Waals surface area contributed by atoms with Gasteiger partial charge in [0.25, 0.3) is 5.56 Å². The maximum atomic E-state index is 12.9. The molecule has 94 valence electrons. The molecule has 2 rings (SSSR count). The Morgan fingerprint density at radius 2 is 2.11 bits per heavy atom. The van der Waals surface area contributed by atoms with E-state index in [4.69, 9.17) is 5.73 Å². The molecular formula is C13H13FN2OS. The lowest BCUT2D eigenvalue weighted by Gasteiger charge is -2.06. The van der Waals surface area contributed by atoms with E-state index in [1.54, 1.807) is 22.9 Å². The molecule has 0 aliphatic carbocycles. The van der Waals surface area contributed by atoms with Crippen LogP contribution in [0, 0.1) is 5.82 Å². The van der Waals surface area contributed by atoms with Crippen LogP contribution < -0.4 is 11.3 Å². The van der Waals surface area contributed by atoms with Crippen LogP contribution >= 0.6 is 11.8 Å². The molecular weight excluding hydrogens is 251 g/mol. The van der Waals surface area contributed by atoms with Crippen molar-refractivity contribution in [3.8, 4) is 0 Å². The van der Waals surface area contributed by atoms with Crippen molar-refractivity contribution in [2.45, 2.75) is 11.4 Å². The topological polar surface area (TPSA) is 48.0 Å². The second-order valence-corrected chi connectivity index (χ2v) is 4.97. The van der Waals surface area contributed by atoms with Gasteiger partial charge in [0.15, 0.2) is 0 Å². The minimum absolute atomic E-state index is 0.0796. The summed E-state index contributed by atoms with van der Waals surface area (Å²) < 4.78 is 14.5. The first-order chi connectivity index (χ1) is 8.65. The summed E-state index contributed by atoms with van der Waals surface area (Å²) in [7, 11) is 0. The van der Waals surface area contributed by atoms with Gasteiger partial charge in [-0.2, -0.15) is 0 Å².